The van der Waals surface area contributed by atoms with Gasteiger partial charge >= 0.3 is 0 Å². The Hall–Kier alpha value is -1.87. The first-order valence-electron chi connectivity index (χ1n) is 6.56. The quantitative estimate of drug-likeness (QED) is 0.907. The number of nitrogens with one attached hydrogen (secondary N) is 1. The van der Waals surface area contributed by atoms with Crippen LogP contribution >= 0.6 is 0 Å². The van der Waals surface area contributed by atoms with Crippen LogP contribution in [-0.2, 0) is 0 Å². The summed E-state index contributed by atoms with van der Waals surface area (Å²) in [6.07, 6.45) is 1.84. The molecule has 0 saturated heterocycles. The number of aromatic nitrogens is 1. The van der Waals surface area contributed by atoms with E-state index in [1.807, 2.05) is 19.3 Å². The zero-order chi connectivity index (χ0) is 13.8. The predicted octanol–water partition coefficient (Wildman–Crippen LogP) is 3.44. The molecule has 100 valence electrons. The van der Waals surface area contributed by atoms with E-state index in [4.69, 9.17) is 0 Å². The van der Waals surface area contributed by atoms with Crippen LogP contribution in [0.4, 0.5) is 11.5 Å². The van der Waals surface area contributed by atoms with Crippen LogP contribution in [0.5, 0.6) is 0 Å². The summed E-state index contributed by atoms with van der Waals surface area (Å²) in [7, 11) is 4.02. The number of nitrogens with zero attached hydrogens (tertiary/aromatic N) is 2. The third kappa shape index (κ3) is 2.93. The average Bonchev–Trinajstić information content (AvgIpc) is 2.46. The molecule has 2 rings (SSSR count). The normalized spacial score (nSPS) is 12.2. The number of aryl methyl sites for hydroxylation is 1. The Balaban J connectivity index is 2.38. The zero-order valence-electron chi connectivity index (χ0n) is 12.0. The van der Waals surface area contributed by atoms with Gasteiger partial charge in [0, 0.05) is 30.5 Å². The maximum atomic E-state index is 4.53. The number of hydrogen-bond donors (Lipinski definition) is 1. The molecule has 19 heavy (non-hydrogen) atoms. The molecule has 1 heterocycles. The lowest BCUT2D eigenvalue weighted by atomic mass is 10.1. The molecular formula is C16H21N3. The van der Waals surface area contributed by atoms with Gasteiger partial charge < -0.3 is 10.2 Å². The Bertz CT molecular complexity index is 534. The monoisotopic (exact) mass is 255 g/mol. The van der Waals surface area contributed by atoms with Crippen LogP contribution in [0.25, 0.3) is 0 Å². The van der Waals surface area contributed by atoms with Crippen LogP contribution in [-0.4, -0.2) is 19.1 Å². The number of pyridine rings is 1. The second-order valence-electron chi connectivity index (χ2n) is 4.82. The molecule has 3 heteroatoms. The van der Waals surface area contributed by atoms with Gasteiger partial charge in [0.05, 0.1) is 0 Å². The molecule has 0 aliphatic rings. The summed E-state index contributed by atoms with van der Waals surface area (Å²) in [6, 6.07) is 12.9. The summed E-state index contributed by atoms with van der Waals surface area (Å²) in [5.41, 5.74) is 3.61. The molecule has 1 aromatic heterocycles. The fraction of sp³-hybridized carbons (Fsp3) is 0.312. The van der Waals surface area contributed by atoms with E-state index >= 15 is 0 Å². The van der Waals surface area contributed by atoms with Crippen molar-refractivity contribution in [2.24, 2.45) is 0 Å². The molecule has 0 saturated carbocycles. The summed E-state index contributed by atoms with van der Waals surface area (Å²) in [5, 5.41) is 3.27. The van der Waals surface area contributed by atoms with Gasteiger partial charge in [-0.3, -0.25) is 0 Å². The van der Waals surface area contributed by atoms with Crippen molar-refractivity contribution in [3.05, 3.63) is 53.7 Å². The maximum absolute atomic E-state index is 4.53. The third-order valence-corrected chi connectivity index (χ3v) is 3.46. The Morgan fingerprint density at radius 1 is 1.16 bits per heavy atom. The van der Waals surface area contributed by atoms with Gasteiger partial charge in [-0.2, -0.15) is 0 Å². The zero-order valence-corrected chi connectivity index (χ0v) is 12.0. The van der Waals surface area contributed by atoms with Crippen LogP contribution < -0.4 is 10.2 Å². The minimum absolute atomic E-state index is 0.275. The highest BCUT2D eigenvalue weighted by molar-refractivity contribution is 5.62. The van der Waals surface area contributed by atoms with Crippen LogP contribution in [0.2, 0.25) is 0 Å². The van der Waals surface area contributed by atoms with Crippen molar-refractivity contribution in [2.75, 3.05) is 19.0 Å². The van der Waals surface area contributed by atoms with E-state index < -0.39 is 0 Å². The highest BCUT2D eigenvalue weighted by atomic mass is 15.2. The third-order valence-electron chi connectivity index (χ3n) is 3.46. The van der Waals surface area contributed by atoms with Crippen molar-refractivity contribution < 1.29 is 0 Å². The van der Waals surface area contributed by atoms with E-state index in [9.17, 15) is 0 Å². The molecule has 1 N–H and O–H groups in total. The second kappa shape index (κ2) is 5.85. The molecule has 0 aliphatic carbocycles. The van der Waals surface area contributed by atoms with Crippen LogP contribution in [0, 0.1) is 6.92 Å². The molecule has 0 radical (unpaired) electrons. The van der Waals surface area contributed by atoms with Gasteiger partial charge in [0.1, 0.15) is 5.82 Å². The van der Waals surface area contributed by atoms with Crippen molar-refractivity contribution in [3.8, 4) is 0 Å². The van der Waals surface area contributed by atoms with Crippen molar-refractivity contribution in [3.63, 3.8) is 0 Å². The van der Waals surface area contributed by atoms with E-state index in [0.29, 0.717) is 0 Å². The van der Waals surface area contributed by atoms with Gasteiger partial charge in [-0.25, -0.2) is 4.98 Å². The summed E-state index contributed by atoms with van der Waals surface area (Å²) < 4.78 is 0. The summed E-state index contributed by atoms with van der Waals surface area (Å²) in [6.45, 7) is 4.24. The highest BCUT2D eigenvalue weighted by Gasteiger charge is 2.14. The van der Waals surface area contributed by atoms with E-state index in [2.05, 4.69) is 66.4 Å². The van der Waals surface area contributed by atoms with E-state index in [1.165, 1.54) is 11.1 Å². The molecule has 0 aliphatic heterocycles. The van der Waals surface area contributed by atoms with Gasteiger partial charge in [-0.05, 0) is 39.1 Å². The second-order valence-corrected chi connectivity index (χ2v) is 4.82. The minimum atomic E-state index is 0.275. The van der Waals surface area contributed by atoms with E-state index in [1.54, 1.807) is 0 Å². The van der Waals surface area contributed by atoms with Crippen molar-refractivity contribution in [1.82, 2.24) is 10.3 Å². The Morgan fingerprint density at radius 2 is 1.84 bits per heavy atom. The summed E-state index contributed by atoms with van der Waals surface area (Å²) >= 11 is 0. The van der Waals surface area contributed by atoms with Gasteiger partial charge in [0.25, 0.3) is 0 Å². The average molecular weight is 255 g/mol. The molecule has 2 aromatic rings. The molecule has 1 unspecified atom stereocenters. The van der Waals surface area contributed by atoms with Crippen LogP contribution in [0.3, 0.4) is 0 Å². The van der Waals surface area contributed by atoms with Crippen LogP contribution in [0.15, 0.2) is 42.6 Å². The molecule has 0 bridgehead atoms. The Labute approximate surface area is 115 Å². The molecule has 3 nitrogen and oxygen atoms in total. The lowest BCUT2D eigenvalue weighted by molar-refractivity contribution is 0.649. The van der Waals surface area contributed by atoms with E-state index in [0.717, 1.165) is 11.5 Å². The number of anilines is 2. The first kappa shape index (κ1) is 13.6. The van der Waals surface area contributed by atoms with Gasteiger partial charge in [0.2, 0.25) is 0 Å². The topological polar surface area (TPSA) is 28.2 Å². The minimum Gasteiger partial charge on any atom is -0.329 e. The standard InChI is InChI=1S/C16H21N3/c1-12-7-9-14(10-8-12)19(4)16-15(13(2)17-3)6-5-11-18-16/h5-11,13,17H,1-4H3. The Kier molecular flexibility index (Phi) is 4.17. The number of benzene rings is 1. The van der Waals surface area contributed by atoms with Gasteiger partial charge in [-0.1, -0.05) is 23.8 Å². The first-order valence-corrected chi connectivity index (χ1v) is 6.56. The lowest BCUT2D eigenvalue weighted by Gasteiger charge is -2.23. The first-order chi connectivity index (χ1) is 9.13. The SMILES string of the molecule is CNC(C)c1cccnc1N(C)c1ccc(C)cc1. The fourth-order valence-corrected chi connectivity index (χ4v) is 2.07. The molecule has 1 aromatic carbocycles. The molecule has 0 amide bonds. The van der Waals surface area contributed by atoms with Crippen molar-refractivity contribution >= 4 is 11.5 Å². The van der Waals surface area contributed by atoms with Gasteiger partial charge in [0.15, 0.2) is 0 Å². The fourth-order valence-electron chi connectivity index (χ4n) is 2.07. The van der Waals surface area contributed by atoms with E-state index in [-0.39, 0.29) is 6.04 Å². The largest absolute Gasteiger partial charge is 0.329 e. The molecule has 1 atom stereocenters. The molecule has 0 spiro atoms. The number of rotatable bonds is 4. The smallest absolute Gasteiger partial charge is 0.137 e. The highest BCUT2D eigenvalue weighted by Crippen LogP contribution is 2.28. The molecular weight excluding hydrogens is 234 g/mol. The van der Waals surface area contributed by atoms with Gasteiger partial charge in [-0.15, -0.1) is 0 Å². The maximum Gasteiger partial charge on any atom is 0.137 e. The number of hydrogen-bond acceptors (Lipinski definition) is 3. The van der Waals surface area contributed by atoms with Crippen LogP contribution in [0.1, 0.15) is 24.1 Å². The lowest BCUT2D eigenvalue weighted by Crippen LogP contribution is -2.19. The summed E-state index contributed by atoms with van der Waals surface area (Å²) in [5.74, 6) is 0.994. The van der Waals surface area contributed by atoms with Crippen molar-refractivity contribution in [1.29, 1.82) is 0 Å². The predicted molar refractivity (Wildman–Crippen MR) is 81.0 cm³/mol. The molecule has 0 fully saturated rings. The summed E-state index contributed by atoms with van der Waals surface area (Å²) in [4.78, 5) is 6.66. The van der Waals surface area contributed by atoms with Crippen molar-refractivity contribution in [2.45, 2.75) is 19.9 Å². The Morgan fingerprint density at radius 3 is 2.47 bits per heavy atom.